The van der Waals surface area contributed by atoms with E-state index >= 15 is 0 Å². The number of carbonyl (C=O) groups is 1. The van der Waals surface area contributed by atoms with E-state index in [1.165, 1.54) is 18.0 Å². The summed E-state index contributed by atoms with van der Waals surface area (Å²) in [6, 6.07) is 10.6. The number of hydrogen-bond acceptors (Lipinski definition) is 3. The van der Waals surface area contributed by atoms with Crippen LogP contribution < -0.4 is 10.6 Å². The second-order valence-corrected chi connectivity index (χ2v) is 6.50. The number of aryl methyl sites for hydroxylation is 1. The molecule has 2 aromatic rings. The van der Waals surface area contributed by atoms with E-state index in [2.05, 4.69) is 68.4 Å². The van der Waals surface area contributed by atoms with Gasteiger partial charge in [0.2, 0.25) is 0 Å². The Labute approximate surface area is 162 Å². The monoisotopic (exact) mass is 372 g/mol. The Bertz CT molecular complexity index is 724. The number of nitrogens with zero attached hydrogens (tertiary/aromatic N) is 2. The zero-order valence-corrected chi connectivity index (χ0v) is 16.5. The number of hydrogen-bond donors (Lipinski definition) is 2. The summed E-state index contributed by atoms with van der Waals surface area (Å²) in [6.07, 6.45) is 6.52. The van der Waals surface area contributed by atoms with Crippen molar-refractivity contribution in [2.45, 2.75) is 45.6 Å². The summed E-state index contributed by atoms with van der Waals surface area (Å²) in [6.45, 7) is 5.51. The number of nitrogens with one attached hydrogen (secondary N) is 2. The molecule has 148 valence electrons. The number of carbonyl (C=O) groups excluding carboxylic acids is 1. The first-order valence-electron chi connectivity index (χ1n) is 9.87. The molecule has 1 aromatic carbocycles. The van der Waals surface area contributed by atoms with Crippen molar-refractivity contribution in [1.82, 2.24) is 15.2 Å². The molecular weight excluding hydrogens is 340 g/mol. The highest BCUT2D eigenvalue weighted by atomic mass is 16.5. The summed E-state index contributed by atoms with van der Waals surface area (Å²) in [5.41, 5.74) is 1.28. The van der Waals surface area contributed by atoms with Crippen LogP contribution in [0.2, 0.25) is 0 Å². The Morgan fingerprint density at radius 2 is 1.96 bits per heavy atom. The number of benzene rings is 1. The predicted molar refractivity (Wildman–Crippen MR) is 111 cm³/mol. The van der Waals surface area contributed by atoms with E-state index in [4.69, 9.17) is 0 Å². The summed E-state index contributed by atoms with van der Waals surface area (Å²) in [7, 11) is 1.43. The highest BCUT2D eigenvalue weighted by Gasteiger charge is 2.01. The molecule has 0 unspecified atom stereocenters. The third-order valence-electron chi connectivity index (χ3n) is 4.43. The van der Waals surface area contributed by atoms with Gasteiger partial charge in [-0.3, -0.25) is 9.79 Å². The predicted octanol–water partition coefficient (Wildman–Crippen LogP) is 3.32. The molecule has 2 rings (SSSR count). The van der Waals surface area contributed by atoms with Gasteiger partial charge < -0.3 is 19.9 Å². The van der Waals surface area contributed by atoms with Crippen molar-refractivity contribution in [3.63, 3.8) is 0 Å². The number of methoxy groups -OCH3 is 1. The molecule has 1 aromatic heterocycles. The molecule has 27 heavy (non-hydrogen) atoms. The van der Waals surface area contributed by atoms with E-state index in [1.807, 2.05) is 0 Å². The van der Waals surface area contributed by atoms with Gasteiger partial charge in [0.15, 0.2) is 5.96 Å². The molecule has 0 saturated heterocycles. The van der Waals surface area contributed by atoms with Crippen molar-refractivity contribution in [1.29, 1.82) is 0 Å². The molecule has 6 heteroatoms. The third-order valence-corrected chi connectivity index (χ3v) is 4.43. The lowest BCUT2D eigenvalue weighted by Crippen LogP contribution is -2.37. The first-order chi connectivity index (χ1) is 13.2. The fourth-order valence-electron chi connectivity index (χ4n) is 2.99. The highest BCUT2D eigenvalue weighted by Crippen LogP contribution is 2.15. The highest BCUT2D eigenvalue weighted by molar-refractivity contribution is 5.80. The van der Waals surface area contributed by atoms with E-state index in [0.717, 1.165) is 57.8 Å². The first kappa shape index (κ1) is 20.8. The number of aliphatic imine (C=N–C) groups is 1. The lowest BCUT2D eigenvalue weighted by atomic mass is 10.2. The van der Waals surface area contributed by atoms with Crippen molar-refractivity contribution in [3.8, 4) is 0 Å². The van der Waals surface area contributed by atoms with Crippen LogP contribution in [0.5, 0.6) is 0 Å². The summed E-state index contributed by atoms with van der Waals surface area (Å²) < 4.78 is 6.93. The normalized spacial score (nSPS) is 11.6. The molecule has 6 nitrogen and oxygen atoms in total. The van der Waals surface area contributed by atoms with E-state index in [1.54, 1.807) is 0 Å². The van der Waals surface area contributed by atoms with Gasteiger partial charge in [-0.1, -0.05) is 24.6 Å². The Morgan fingerprint density at radius 3 is 2.78 bits per heavy atom. The van der Waals surface area contributed by atoms with Crippen molar-refractivity contribution in [3.05, 3.63) is 36.5 Å². The van der Waals surface area contributed by atoms with Crippen LogP contribution in [-0.2, 0) is 16.1 Å². The van der Waals surface area contributed by atoms with Gasteiger partial charge in [0.25, 0.3) is 0 Å². The van der Waals surface area contributed by atoms with Crippen LogP contribution in [0.3, 0.4) is 0 Å². The minimum Gasteiger partial charge on any atom is -0.469 e. The maximum Gasteiger partial charge on any atom is 0.305 e. The van der Waals surface area contributed by atoms with Crippen LogP contribution in [-0.4, -0.2) is 43.2 Å². The summed E-state index contributed by atoms with van der Waals surface area (Å²) in [5, 5.41) is 7.92. The SMILES string of the molecule is CCNC(=NCCCn1ccc2ccccc21)NCCCCCC(=O)OC. The Morgan fingerprint density at radius 1 is 1.11 bits per heavy atom. The lowest BCUT2D eigenvalue weighted by Gasteiger charge is -2.11. The first-order valence-corrected chi connectivity index (χ1v) is 9.87. The quantitative estimate of drug-likeness (QED) is 0.275. The average molecular weight is 373 g/mol. The molecule has 0 bridgehead atoms. The number of para-hydroxylation sites is 1. The molecule has 0 aliphatic carbocycles. The smallest absolute Gasteiger partial charge is 0.305 e. The van der Waals surface area contributed by atoms with E-state index in [-0.39, 0.29) is 5.97 Å². The number of aromatic nitrogens is 1. The van der Waals surface area contributed by atoms with Gasteiger partial charge in [-0.25, -0.2) is 0 Å². The van der Waals surface area contributed by atoms with Crippen molar-refractivity contribution in [2.24, 2.45) is 4.99 Å². The topological polar surface area (TPSA) is 67.7 Å². The molecule has 0 amide bonds. The van der Waals surface area contributed by atoms with Gasteiger partial charge >= 0.3 is 5.97 Å². The Kier molecular flexibility index (Phi) is 9.24. The maximum absolute atomic E-state index is 11.1. The van der Waals surface area contributed by atoms with Crippen LogP contribution in [0.1, 0.15) is 39.0 Å². The zero-order chi connectivity index (χ0) is 19.3. The van der Waals surface area contributed by atoms with Crippen molar-refractivity contribution in [2.75, 3.05) is 26.7 Å². The van der Waals surface area contributed by atoms with E-state index in [0.29, 0.717) is 6.42 Å². The number of fused-ring (bicyclic) bond motifs is 1. The largest absolute Gasteiger partial charge is 0.469 e. The third kappa shape index (κ3) is 7.33. The minimum atomic E-state index is -0.131. The number of esters is 1. The molecular formula is C21H32N4O2. The molecule has 0 radical (unpaired) electrons. The Hall–Kier alpha value is -2.50. The standard InChI is InChI=1S/C21H32N4O2/c1-3-22-21(23-14-8-4-5-12-20(26)27-2)24-15-9-16-25-17-13-18-10-6-7-11-19(18)25/h6-7,10-11,13,17H,3-5,8-9,12,14-16H2,1-2H3,(H2,22,23,24). The molecule has 0 spiro atoms. The van der Waals surface area contributed by atoms with Crippen LogP contribution in [0.25, 0.3) is 10.9 Å². The van der Waals surface area contributed by atoms with Gasteiger partial charge in [-0.15, -0.1) is 0 Å². The fourth-order valence-corrected chi connectivity index (χ4v) is 2.99. The van der Waals surface area contributed by atoms with Gasteiger partial charge in [-0.05, 0) is 43.7 Å². The van der Waals surface area contributed by atoms with E-state index in [9.17, 15) is 4.79 Å². The molecule has 0 fully saturated rings. The second kappa shape index (κ2) is 12.0. The molecule has 0 saturated carbocycles. The minimum absolute atomic E-state index is 0.131. The van der Waals surface area contributed by atoms with Gasteiger partial charge in [0.05, 0.1) is 7.11 Å². The van der Waals surface area contributed by atoms with Crippen molar-refractivity contribution < 1.29 is 9.53 Å². The molecule has 2 N–H and O–H groups in total. The molecule has 0 atom stereocenters. The van der Waals surface area contributed by atoms with Crippen molar-refractivity contribution >= 4 is 22.8 Å². The summed E-state index contributed by atoms with van der Waals surface area (Å²) in [5.74, 6) is 0.733. The fraction of sp³-hybridized carbons (Fsp3) is 0.524. The van der Waals surface area contributed by atoms with Gasteiger partial charge in [-0.2, -0.15) is 0 Å². The molecule has 0 aliphatic rings. The van der Waals surface area contributed by atoms with E-state index < -0.39 is 0 Å². The van der Waals surface area contributed by atoms with Gasteiger partial charge in [0, 0.05) is 44.3 Å². The number of ether oxygens (including phenoxy) is 1. The van der Waals surface area contributed by atoms with Gasteiger partial charge in [0.1, 0.15) is 0 Å². The van der Waals surface area contributed by atoms with Crippen LogP contribution in [0.15, 0.2) is 41.5 Å². The second-order valence-electron chi connectivity index (χ2n) is 6.50. The summed E-state index contributed by atoms with van der Waals surface area (Å²) >= 11 is 0. The zero-order valence-electron chi connectivity index (χ0n) is 16.5. The number of rotatable bonds is 11. The lowest BCUT2D eigenvalue weighted by molar-refractivity contribution is -0.140. The number of unbranched alkanes of at least 4 members (excludes halogenated alkanes) is 2. The molecule has 0 aliphatic heterocycles. The average Bonchev–Trinajstić information content (AvgIpc) is 3.10. The van der Waals surface area contributed by atoms with Crippen LogP contribution in [0.4, 0.5) is 0 Å². The van der Waals surface area contributed by atoms with Crippen LogP contribution >= 0.6 is 0 Å². The van der Waals surface area contributed by atoms with Crippen LogP contribution in [0, 0.1) is 0 Å². The Balaban J connectivity index is 1.67. The maximum atomic E-state index is 11.1. The molecule has 1 heterocycles. The summed E-state index contributed by atoms with van der Waals surface area (Å²) in [4.78, 5) is 15.7. The number of guanidine groups is 1.